The molecule has 29 heavy (non-hydrogen) atoms. The molecule has 0 aliphatic rings. The van der Waals surface area contributed by atoms with E-state index in [-0.39, 0.29) is 22.9 Å². The fraction of sp³-hybridized carbons (Fsp3) is 0.263. The molecule has 3 aromatic rings. The fourth-order valence-corrected chi connectivity index (χ4v) is 3.59. The van der Waals surface area contributed by atoms with Crippen LogP contribution >= 0.6 is 35.0 Å². The van der Waals surface area contributed by atoms with Crippen molar-refractivity contribution < 1.29 is 9.53 Å². The van der Waals surface area contributed by atoms with Crippen molar-refractivity contribution >= 4 is 46.6 Å². The molecule has 7 nitrogen and oxygen atoms in total. The summed E-state index contributed by atoms with van der Waals surface area (Å²) < 4.78 is 7.75. The maximum absolute atomic E-state index is 12.2. The Balaban J connectivity index is 1.62. The number of halogens is 2. The van der Waals surface area contributed by atoms with Crippen LogP contribution in [-0.2, 0) is 11.8 Å². The van der Waals surface area contributed by atoms with Gasteiger partial charge in [0.1, 0.15) is 5.75 Å². The summed E-state index contributed by atoms with van der Waals surface area (Å²) in [7, 11) is 1.82. The normalized spacial score (nSPS) is 11.9. The van der Waals surface area contributed by atoms with E-state index in [0.717, 1.165) is 5.56 Å². The van der Waals surface area contributed by atoms with Gasteiger partial charge in [0.15, 0.2) is 22.2 Å². The summed E-state index contributed by atoms with van der Waals surface area (Å²) in [5, 5.41) is 12.5. The molecule has 0 aliphatic carbocycles. The average Bonchev–Trinajstić information content (AvgIpc) is 3.05. The van der Waals surface area contributed by atoms with Crippen molar-refractivity contribution in [3.8, 4) is 5.75 Å². The van der Waals surface area contributed by atoms with Crippen LogP contribution in [0, 0.1) is 6.92 Å². The maximum atomic E-state index is 12.2. The first-order valence-corrected chi connectivity index (χ1v) is 10.4. The van der Waals surface area contributed by atoms with Gasteiger partial charge in [-0.2, -0.15) is 0 Å². The largest absolute Gasteiger partial charge is 0.481 e. The van der Waals surface area contributed by atoms with E-state index in [2.05, 4.69) is 20.5 Å². The minimum Gasteiger partial charge on any atom is -0.481 e. The lowest BCUT2D eigenvalue weighted by Gasteiger charge is -2.15. The Morgan fingerprint density at radius 2 is 2.10 bits per heavy atom. The highest BCUT2D eigenvalue weighted by molar-refractivity contribution is 7.99. The highest BCUT2D eigenvalue weighted by atomic mass is 35.5. The molecule has 0 saturated carbocycles. The molecule has 0 bridgehead atoms. The summed E-state index contributed by atoms with van der Waals surface area (Å²) >= 11 is 13.4. The number of nitrogens with zero attached hydrogens (tertiary/aromatic N) is 4. The van der Waals surface area contributed by atoms with Crippen LogP contribution in [0.25, 0.3) is 0 Å². The van der Waals surface area contributed by atoms with Gasteiger partial charge in [-0.05, 0) is 43.7 Å². The average molecular weight is 452 g/mol. The quantitative estimate of drug-likeness (QED) is 0.414. The van der Waals surface area contributed by atoms with Gasteiger partial charge in [0, 0.05) is 13.2 Å². The van der Waals surface area contributed by atoms with Gasteiger partial charge in [-0.15, -0.1) is 10.2 Å². The van der Waals surface area contributed by atoms with Crippen molar-refractivity contribution in [1.82, 2.24) is 19.7 Å². The van der Waals surface area contributed by atoms with E-state index in [0.29, 0.717) is 27.4 Å². The monoisotopic (exact) mass is 451 g/mol. The number of anilines is 1. The van der Waals surface area contributed by atoms with E-state index in [1.807, 2.05) is 33.0 Å². The first-order valence-electron chi connectivity index (χ1n) is 8.70. The van der Waals surface area contributed by atoms with Gasteiger partial charge in [-0.3, -0.25) is 4.79 Å². The van der Waals surface area contributed by atoms with Crippen molar-refractivity contribution in [3.05, 3.63) is 58.1 Å². The molecule has 0 aliphatic heterocycles. The standard InChI is InChI=1S/C19H19Cl2N5O2S/c1-11-6-7-13(20)15(9-11)28-12(2)18-24-25-19(26(18)3)29-10-16(27)23-14-5-4-8-22-17(14)21/h4-9,12H,10H2,1-3H3,(H,23,27). The van der Waals surface area contributed by atoms with E-state index in [1.54, 1.807) is 29.0 Å². The zero-order valence-corrected chi connectivity index (χ0v) is 18.3. The molecule has 3 rings (SSSR count). The minimum atomic E-state index is -0.371. The first kappa shape index (κ1) is 21.4. The third-order valence-corrected chi connectivity index (χ3v) is 5.62. The molecule has 0 saturated heterocycles. The van der Waals surface area contributed by atoms with Crippen LogP contribution in [0.4, 0.5) is 5.69 Å². The van der Waals surface area contributed by atoms with Crippen LogP contribution < -0.4 is 10.1 Å². The Bertz CT molecular complexity index is 1030. The molecule has 152 valence electrons. The molecule has 1 unspecified atom stereocenters. The number of pyridine rings is 1. The number of benzene rings is 1. The SMILES string of the molecule is Cc1ccc(Cl)c(OC(C)c2nnc(SCC(=O)Nc3cccnc3Cl)n2C)c1. The number of amides is 1. The predicted octanol–water partition coefficient (Wildman–Crippen LogP) is 4.70. The number of aromatic nitrogens is 4. The number of carbonyl (C=O) groups is 1. The summed E-state index contributed by atoms with van der Waals surface area (Å²) in [5.74, 6) is 1.14. The molecule has 1 amide bonds. The van der Waals surface area contributed by atoms with Crippen molar-refractivity contribution in [2.75, 3.05) is 11.1 Å². The smallest absolute Gasteiger partial charge is 0.234 e. The summed E-state index contributed by atoms with van der Waals surface area (Å²) in [6.07, 6.45) is 1.19. The van der Waals surface area contributed by atoms with Gasteiger partial charge in [-0.25, -0.2) is 4.98 Å². The van der Waals surface area contributed by atoms with Gasteiger partial charge in [-0.1, -0.05) is 41.0 Å². The predicted molar refractivity (Wildman–Crippen MR) is 115 cm³/mol. The first-order chi connectivity index (χ1) is 13.8. The summed E-state index contributed by atoms with van der Waals surface area (Å²) in [5.41, 5.74) is 1.51. The number of ether oxygens (including phenoxy) is 1. The fourth-order valence-electron chi connectivity index (χ4n) is 2.55. The lowest BCUT2D eigenvalue weighted by Crippen LogP contribution is -2.15. The summed E-state index contributed by atoms with van der Waals surface area (Å²) in [6.45, 7) is 3.84. The van der Waals surface area contributed by atoms with Gasteiger partial charge in [0.2, 0.25) is 5.91 Å². The molecular weight excluding hydrogens is 433 g/mol. The van der Waals surface area contributed by atoms with Gasteiger partial charge >= 0.3 is 0 Å². The van der Waals surface area contributed by atoms with E-state index < -0.39 is 0 Å². The van der Waals surface area contributed by atoms with Crippen LogP contribution in [0.5, 0.6) is 5.75 Å². The highest BCUT2D eigenvalue weighted by Gasteiger charge is 2.19. The lowest BCUT2D eigenvalue weighted by atomic mass is 10.2. The molecular formula is C19H19Cl2N5O2S. The van der Waals surface area contributed by atoms with Crippen molar-refractivity contribution in [1.29, 1.82) is 0 Å². The highest BCUT2D eigenvalue weighted by Crippen LogP contribution is 2.30. The van der Waals surface area contributed by atoms with E-state index in [9.17, 15) is 4.79 Å². The maximum Gasteiger partial charge on any atom is 0.234 e. The third-order valence-electron chi connectivity index (χ3n) is 3.99. The molecule has 0 spiro atoms. The van der Waals surface area contributed by atoms with Crippen LogP contribution in [0.3, 0.4) is 0 Å². The lowest BCUT2D eigenvalue weighted by molar-refractivity contribution is -0.113. The van der Waals surface area contributed by atoms with Crippen molar-refractivity contribution in [2.45, 2.75) is 25.1 Å². The van der Waals surface area contributed by atoms with Gasteiger partial charge < -0.3 is 14.6 Å². The molecule has 2 aromatic heterocycles. The second-order valence-corrected chi connectivity index (χ2v) is 7.98. The Kier molecular flexibility index (Phi) is 7.00. The minimum absolute atomic E-state index is 0.149. The summed E-state index contributed by atoms with van der Waals surface area (Å²) in [4.78, 5) is 16.1. The topological polar surface area (TPSA) is 81.9 Å². The van der Waals surface area contributed by atoms with Crippen LogP contribution in [0.2, 0.25) is 10.2 Å². The number of nitrogens with one attached hydrogen (secondary N) is 1. The molecule has 2 heterocycles. The van der Waals surface area contributed by atoms with E-state index >= 15 is 0 Å². The van der Waals surface area contributed by atoms with E-state index in [4.69, 9.17) is 27.9 Å². The number of hydrogen-bond acceptors (Lipinski definition) is 6. The second-order valence-electron chi connectivity index (χ2n) is 6.27. The van der Waals surface area contributed by atoms with Crippen LogP contribution in [-0.4, -0.2) is 31.4 Å². The summed E-state index contributed by atoms with van der Waals surface area (Å²) in [6, 6.07) is 8.97. The molecule has 0 fully saturated rings. The Morgan fingerprint density at radius 3 is 2.86 bits per heavy atom. The Morgan fingerprint density at radius 1 is 1.31 bits per heavy atom. The number of thioether (sulfide) groups is 1. The molecule has 0 radical (unpaired) electrons. The molecule has 1 N–H and O–H groups in total. The third kappa shape index (κ3) is 5.41. The zero-order chi connectivity index (χ0) is 21.0. The number of carbonyl (C=O) groups excluding carboxylic acids is 1. The molecule has 1 aromatic carbocycles. The molecule has 1 atom stereocenters. The number of aryl methyl sites for hydroxylation is 1. The Labute approximate surface area is 182 Å². The Hall–Kier alpha value is -2.29. The number of rotatable bonds is 7. The van der Waals surface area contributed by atoms with Crippen molar-refractivity contribution in [3.63, 3.8) is 0 Å². The van der Waals surface area contributed by atoms with Crippen LogP contribution in [0.1, 0.15) is 24.4 Å². The van der Waals surface area contributed by atoms with Gasteiger partial charge in [0.25, 0.3) is 0 Å². The second kappa shape index (κ2) is 9.47. The number of hydrogen-bond donors (Lipinski definition) is 1. The van der Waals surface area contributed by atoms with E-state index in [1.165, 1.54) is 11.8 Å². The van der Waals surface area contributed by atoms with Crippen LogP contribution in [0.15, 0.2) is 41.7 Å². The molecule has 10 heteroatoms. The van der Waals surface area contributed by atoms with Crippen molar-refractivity contribution in [2.24, 2.45) is 7.05 Å². The van der Waals surface area contributed by atoms with Gasteiger partial charge in [0.05, 0.1) is 16.5 Å². The zero-order valence-electron chi connectivity index (χ0n) is 16.0.